The van der Waals surface area contributed by atoms with Crippen molar-refractivity contribution in [1.82, 2.24) is 0 Å². The van der Waals surface area contributed by atoms with Crippen LogP contribution in [0.2, 0.25) is 0 Å². The summed E-state index contributed by atoms with van der Waals surface area (Å²) in [6.45, 7) is 17.9. The van der Waals surface area contributed by atoms with Gasteiger partial charge < -0.3 is 0 Å². The van der Waals surface area contributed by atoms with Crippen LogP contribution in [0.3, 0.4) is 0 Å². The smallest absolute Gasteiger partial charge is 0 e. The van der Waals surface area contributed by atoms with E-state index in [4.69, 9.17) is 0 Å². The molecule has 0 aromatic carbocycles. The molecule has 0 aliphatic carbocycles. The van der Waals surface area contributed by atoms with Gasteiger partial charge >= 0.3 is 0 Å². The van der Waals surface area contributed by atoms with E-state index in [1.165, 1.54) is 11.1 Å². The molecule has 0 saturated heterocycles. The van der Waals surface area contributed by atoms with E-state index in [2.05, 4.69) is 61.5 Å². The third-order valence-corrected chi connectivity index (χ3v) is 2.52. The molecule has 0 fully saturated rings. The zero-order chi connectivity index (χ0) is 12.2. The van der Waals surface area contributed by atoms with Crippen molar-refractivity contribution in [3.05, 3.63) is 22.8 Å². The molecule has 0 N–H and O–H groups in total. The summed E-state index contributed by atoms with van der Waals surface area (Å²) < 4.78 is 0. The van der Waals surface area contributed by atoms with Crippen LogP contribution in [0.4, 0.5) is 0 Å². The summed E-state index contributed by atoms with van der Waals surface area (Å²) in [5.41, 5.74) is 4.25. The van der Waals surface area contributed by atoms with Crippen LogP contribution in [0.1, 0.15) is 55.4 Å². The second-order valence-corrected chi connectivity index (χ2v) is 5.46. The molecule has 91 valence electrons. The summed E-state index contributed by atoms with van der Waals surface area (Å²) in [5.74, 6) is 1.81. The minimum Gasteiger partial charge on any atom is -0.248 e. The zero-order valence-electron chi connectivity index (χ0n) is 12.3. The maximum absolute atomic E-state index is 3.54. The summed E-state index contributed by atoms with van der Waals surface area (Å²) in [6.07, 6.45) is 3.54. The summed E-state index contributed by atoms with van der Waals surface area (Å²) in [4.78, 5) is 0. The van der Waals surface area contributed by atoms with Crippen LogP contribution in [0.5, 0.6) is 0 Å². The first kappa shape index (κ1) is 18.9. The summed E-state index contributed by atoms with van der Waals surface area (Å²) in [5, 5.41) is 0. The Morgan fingerprint density at radius 3 is 1.31 bits per heavy atom. The van der Waals surface area contributed by atoms with Gasteiger partial charge in [-0.2, -0.15) is 5.57 Å². The van der Waals surface area contributed by atoms with E-state index < -0.39 is 0 Å². The Morgan fingerprint density at radius 1 is 0.750 bits per heavy atom. The average Bonchev–Trinajstić information content (AvgIpc) is 2.00. The predicted molar refractivity (Wildman–Crippen MR) is 69.6 cm³/mol. The Kier molecular flexibility index (Phi) is 10.2. The Morgan fingerprint density at radius 2 is 1.12 bits per heavy atom. The van der Waals surface area contributed by atoms with E-state index in [0.29, 0.717) is 17.8 Å². The first-order valence-electron chi connectivity index (χ1n) is 6.08. The molecule has 0 aromatic heterocycles. The van der Waals surface area contributed by atoms with Crippen molar-refractivity contribution in [3.63, 3.8) is 0 Å². The standard InChI is InChI=1S/C15H27.Y/c1-10(2)9-14(11(3)4)15(12(5)6)13(7)8;/h11-13H,1-8H3;/q-1;. The van der Waals surface area contributed by atoms with Gasteiger partial charge in [-0.15, -0.1) is 0 Å². The molecule has 0 aromatic rings. The SMILES string of the molecule is CC(C)=[C-]C(=C(C(C)C)C(C)C)C(C)C.[Y]. The topological polar surface area (TPSA) is 0 Å². The van der Waals surface area contributed by atoms with Gasteiger partial charge in [-0.05, 0) is 0 Å². The largest absolute Gasteiger partial charge is 0.248 e. The van der Waals surface area contributed by atoms with Gasteiger partial charge in [-0.1, -0.05) is 73.1 Å². The van der Waals surface area contributed by atoms with Crippen molar-refractivity contribution in [2.75, 3.05) is 0 Å². The van der Waals surface area contributed by atoms with Crippen LogP contribution >= 0.6 is 0 Å². The fourth-order valence-electron chi connectivity index (χ4n) is 2.11. The van der Waals surface area contributed by atoms with E-state index >= 15 is 0 Å². The molecule has 0 amide bonds. The van der Waals surface area contributed by atoms with Gasteiger partial charge in [0.15, 0.2) is 0 Å². The molecule has 16 heavy (non-hydrogen) atoms. The van der Waals surface area contributed by atoms with Gasteiger partial charge in [0.25, 0.3) is 0 Å². The molecule has 0 spiro atoms. The van der Waals surface area contributed by atoms with Crippen LogP contribution in [-0.4, -0.2) is 0 Å². The molecule has 0 atom stereocenters. The number of hydrogen-bond acceptors (Lipinski definition) is 0. The van der Waals surface area contributed by atoms with Crippen molar-refractivity contribution in [2.45, 2.75) is 55.4 Å². The van der Waals surface area contributed by atoms with Crippen molar-refractivity contribution in [2.24, 2.45) is 17.8 Å². The molecule has 0 unspecified atom stereocenters. The molecule has 0 nitrogen and oxygen atoms in total. The van der Waals surface area contributed by atoms with Crippen LogP contribution in [0, 0.1) is 23.8 Å². The van der Waals surface area contributed by atoms with Crippen molar-refractivity contribution in [1.29, 1.82) is 0 Å². The molecular weight excluding hydrogens is 269 g/mol. The molecule has 0 bridgehead atoms. The first-order valence-corrected chi connectivity index (χ1v) is 6.08. The molecular formula is C15H27Y-. The fourth-order valence-corrected chi connectivity index (χ4v) is 2.11. The van der Waals surface area contributed by atoms with E-state index in [0.717, 1.165) is 0 Å². The average molecular weight is 296 g/mol. The van der Waals surface area contributed by atoms with Crippen LogP contribution < -0.4 is 0 Å². The zero-order valence-corrected chi connectivity index (χ0v) is 15.1. The van der Waals surface area contributed by atoms with Crippen LogP contribution in [0.25, 0.3) is 0 Å². The number of allylic oxidation sites excluding steroid dienone is 4. The summed E-state index contributed by atoms with van der Waals surface area (Å²) in [7, 11) is 0. The molecule has 0 aliphatic rings. The number of rotatable bonds is 4. The van der Waals surface area contributed by atoms with Gasteiger partial charge in [0.2, 0.25) is 0 Å². The molecule has 0 aliphatic heterocycles. The Hall–Kier alpha value is 0.584. The minimum atomic E-state index is 0. The predicted octanol–water partition coefficient (Wildman–Crippen LogP) is 5.02. The van der Waals surface area contributed by atoms with Gasteiger partial charge in [-0.25, -0.2) is 17.2 Å². The van der Waals surface area contributed by atoms with Gasteiger partial charge in [0, 0.05) is 32.7 Å². The summed E-state index contributed by atoms with van der Waals surface area (Å²) >= 11 is 0. The Bertz CT molecular complexity index is 241. The number of hydrogen-bond donors (Lipinski definition) is 0. The van der Waals surface area contributed by atoms with Crippen molar-refractivity contribution < 1.29 is 32.7 Å². The molecule has 1 radical (unpaired) electrons. The Balaban J connectivity index is 0. The third-order valence-electron chi connectivity index (χ3n) is 2.52. The normalized spacial score (nSPS) is 10.4. The Labute approximate surface area is 128 Å². The minimum absolute atomic E-state index is 0. The van der Waals surface area contributed by atoms with Gasteiger partial charge in [-0.3, -0.25) is 0 Å². The maximum atomic E-state index is 3.54. The van der Waals surface area contributed by atoms with E-state index in [1.54, 1.807) is 5.57 Å². The second kappa shape index (κ2) is 8.64. The van der Waals surface area contributed by atoms with Crippen molar-refractivity contribution in [3.8, 4) is 0 Å². The van der Waals surface area contributed by atoms with Gasteiger partial charge in [0.1, 0.15) is 0 Å². The van der Waals surface area contributed by atoms with E-state index in [-0.39, 0.29) is 32.7 Å². The molecule has 0 rings (SSSR count). The third kappa shape index (κ3) is 6.35. The molecule has 0 heterocycles. The van der Waals surface area contributed by atoms with E-state index in [1.807, 2.05) is 0 Å². The summed E-state index contributed by atoms with van der Waals surface area (Å²) in [6, 6.07) is 0. The second-order valence-electron chi connectivity index (χ2n) is 5.46. The maximum Gasteiger partial charge on any atom is 0 e. The monoisotopic (exact) mass is 296 g/mol. The fraction of sp³-hybridized carbons (Fsp3) is 0.733. The van der Waals surface area contributed by atoms with Crippen LogP contribution in [0.15, 0.2) is 16.7 Å². The van der Waals surface area contributed by atoms with Gasteiger partial charge in [0.05, 0.1) is 0 Å². The first-order chi connectivity index (χ1) is 6.77. The molecule has 0 saturated carbocycles. The molecule has 1 heteroatoms. The van der Waals surface area contributed by atoms with Crippen molar-refractivity contribution >= 4 is 0 Å². The quantitative estimate of drug-likeness (QED) is 0.505. The van der Waals surface area contributed by atoms with Crippen LogP contribution in [-0.2, 0) is 32.7 Å². The van der Waals surface area contributed by atoms with E-state index in [9.17, 15) is 0 Å².